The van der Waals surface area contributed by atoms with Gasteiger partial charge in [0.25, 0.3) is 0 Å². The van der Waals surface area contributed by atoms with Crippen LogP contribution in [-0.4, -0.2) is 21.8 Å². The van der Waals surface area contributed by atoms with Crippen LogP contribution in [0.25, 0.3) is 11.3 Å². The monoisotopic (exact) mass is 344 g/mol. The summed E-state index contributed by atoms with van der Waals surface area (Å²) in [5.74, 6) is 1.35. The van der Waals surface area contributed by atoms with Crippen LogP contribution in [0.4, 0.5) is 17.5 Å². The summed E-state index contributed by atoms with van der Waals surface area (Å²) in [6, 6.07) is 19.9. The standard InChI is InChI=1S/C21H20N4O/c1-14(26)16-8-5-9-18(12-16)23-21-24-19(15-6-3-2-4-7-15)13-20(25-21)22-17-10-11-17/h2-9,12-13,17H,10-11H2,1H3,(H2,22,23,24,25). The third-order valence-electron chi connectivity index (χ3n) is 4.25. The lowest BCUT2D eigenvalue weighted by Gasteiger charge is -2.11. The molecule has 1 aliphatic carbocycles. The van der Waals surface area contributed by atoms with Crippen molar-refractivity contribution in [2.24, 2.45) is 0 Å². The Hall–Kier alpha value is -3.21. The van der Waals surface area contributed by atoms with E-state index >= 15 is 0 Å². The maximum absolute atomic E-state index is 11.6. The van der Waals surface area contributed by atoms with E-state index in [1.807, 2.05) is 54.6 Å². The Kier molecular flexibility index (Phi) is 4.35. The molecule has 0 bridgehead atoms. The molecular weight excluding hydrogens is 324 g/mol. The highest BCUT2D eigenvalue weighted by Crippen LogP contribution is 2.28. The van der Waals surface area contributed by atoms with E-state index in [0.29, 0.717) is 17.6 Å². The molecule has 1 heterocycles. The molecule has 1 fully saturated rings. The molecular formula is C21H20N4O. The molecule has 1 aromatic heterocycles. The van der Waals surface area contributed by atoms with Crippen molar-refractivity contribution in [3.05, 3.63) is 66.2 Å². The number of carbonyl (C=O) groups is 1. The molecule has 0 aliphatic heterocycles. The van der Waals surface area contributed by atoms with E-state index in [2.05, 4.69) is 20.6 Å². The number of rotatable bonds is 6. The van der Waals surface area contributed by atoms with Gasteiger partial charge in [0.2, 0.25) is 5.95 Å². The van der Waals surface area contributed by atoms with Crippen LogP contribution in [0.5, 0.6) is 0 Å². The van der Waals surface area contributed by atoms with Gasteiger partial charge in [-0.25, -0.2) is 4.98 Å². The summed E-state index contributed by atoms with van der Waals surface area (Å²) in [7, 11) is 0. The molecule has 1 aliphatic rings. The summed E-state index contributed by atoms with van der Waals surface area (Å²) in [4.78, 5) is 20.8. The molecule has 5 heteroatoms. The van der Waals surface area contributed by atoms with Gasteiger partial charge >= 0.3 is 0 Å². The average Bonchev–Trinajstić information content (AvgIpc) is 3.46. The van der Waals surface area contributed by atoms with Crippen molar-refractivity contribution in [2.75, 3.05) is 10.6 Å². The maximum atomic E-state index is 11.6. The predicted octanol–water partition coefficient (Wildman–Crippen LogP) is 4.66. The molecule has 2 N–H and O–H groups in total. The number of hydrogen-bond acceptors (Lipinski definition) is 5. The van der Waals surface area contributed by atoms with Crippen molar-refractivity contribution >= 4 is 23.2 Å². The van der Waals surface area contributed by atoms with Gasteiger partial charge < -0.3 is 10.6 Å². The molecule has 3 aromatic rings. The third-order valence-corrected chi connectivity index (χ3v) is 4.25. The van der Waals surface area contributed by atoms with Crippen LogP contribution in [0.1, 0.15) is 30.1 Å². The Balaban J connectivity index is 1.68. The quantitative estimate of drug-likeness (QED) is 0.636. The second kappa shape index (κ2) is 6.96. The van der Waals surface area contributed by atoms with E-state index in [1.165, 1.54) is 12.8 Å². The van der Waals surface area contributed by atoms with E-state index < -0.39 is 0 Å². The first kappa shape index (κ1) is 16.3. The van der Waals surface area contributed by atoms with E-state index in [-0.39, 0.29) is 5.78 Å². The first-order chi connectivity index (χ1) is 12.7. The van der Waals surface area contributed by atoms with Gasteiger partial charge in [-0.2, -0.15) is 4.98 Å². The fraction of sp³-hybridized carbons (Fsp3) is 0.190. The second-order valence-electron chi connectivity index (χ2n) is 6.51. The summed E-state index contributed by atoms with van der Waals surface area (Å²) in [6.45, 7) is 1.56. The van der Waals surface area contributed by atoms with Crippen molar-refractivity contribution in [1.82, 2.24) is 9.97 Å². The SMILES string of the molecule is CC(=O)c1cccc(Nc2nc(NC3CC3)cc(-c3ccccc3)n2)c1. The van der Waals surface area contributed by atoms with Gasteiger partial charge in [-0.05, 0) is 31.9 Å². The number of anilines is 3. The Labute approximate surface area is 152 Å². The van der Waals surface area contributed by atoms with Crippen LogP contribution >= 0.6 is 0 Å². The largest absolute Gasteiger partial charge is 0.367 e. The van der Waals surface area contributed by atoms with Crippen molar-refractivity contribution in [3.8, 4) is 11.3 Å². The molecule has 0 atom stereocenters. The zero-order chi connectivity index (χ0) is 17.9. The molecule has 1 saturated carbocycles. The highest BCUT2D eigenvalue weighted by molar-refractivity contribution is 5.95. The lowest BCUT2D eigenvalue weighted by molar-refractivity contribution is 0.101. The lowest BCUT2D eigenvalue weighted by Crippen LogP contribution is -2.07. The van der Waals surface area contributed by atoms with Crippen LogP contribution in [0.15, 0.2) is 60.7 Å². The minimum Gasteiger partial charge on any atom is -0.367 e. The molecule has 0 unspecified atom stereocenters. The summed E-state index contributed by atoms with van der Waals surface area (Å²) in [5.41, 5.74) is 3.34. The van der Waals surface area contributed by atoms with Crippen molar-refractivity contribution in [3.63, 3.8) is 0 Å². The van der Waals surface area contributed by atoms with E-state index in [4.69, 9.17) is 0 Å². The van der Waals surface area contributed by atoms with Gasteiger partial charge in [0.05, 0.1) is 5.69 Å². The molecule has 5 nitrogen and oxygen atoms in total. The first-order valence-corrected chi connectivity index (χ1v) is 8.76. The summed E-state index contributed by atoms with van der Waals surface area (Å²) in [5, 5.41) is 6.67. The fourth-order valence-electron chi connectivity index (χ4n) is 2.72. The molecule has 0 saturated heterocycles. The first-order valence-electron chi connectivity index (χ1n) is 8.76. The molecule has 4 rings (SSSR count). The second-order valence-corrected chi connectivity index (χ2v) is 6.51. The zero-order valence-corrected chi connectivity index (χ0v) is 14.6. The number of ketones is 1. The van der Waals surface area contributed by atoms with E-state index in [0.717, 1.165) is 22.8 Å². The number of carbonyl (C=O) groups excluding carboxylic acids is 1. The number of Topliss-reactive ketones (excluding diaryl/α,β-unsaturated/α-hetero) is 1. The molecule has 2 aromatic carbocycles. The van der Waals surface area contributed by atoms with Crippen LogP contribution in [0.3, 0.4) is 0 Å². The number of nitrogens with one attached hydrogen (secondary N) is 2. The Morgan fingerprint density at radius 2 is 1.81 bits per heavy atom. The molecule has 130 valence electrons. The maximum Gasteiger partial charge on any atom is 0.229 e. The number of nitrogens with zero attached hydrogens (tertiary/aromatic N) is 2. The molecule has 26 heavy (non-hydrogen) atoms. The molecule has 0 spiro atoms. The minimum absolute atomic E-state index is 0.0312. The van der Waals surface area contributed by atoms with Gasteiger partial charge in [-0.1, -0.05) is 42.5 Å². The van der Waals surface area contributed by atoms with Gasteiger partial charge in [-0.3, -0.25) is 4.79 Å². The van der Waals surface area contributed by atoms with Crippen molar-refractivity contribution < 1.29 is 4.79 Å². The number of benzene rings is 2. The predicted molar refractivity (Wildman–Crippen MR) is 104 cm³/mol. The summed E-state index contributed by atoms with van der Waals surface area (Å²) < 4.78 is 0. The number of hydrogen-bond donors (Lipinski definition) is 2. The smallest absolute Gasteiger partial charge is 0.229 e. The number of aromatic nitrogens is 2. The van der Waals surface area contributed by atoms with Crippen LogP contribution < -0.4 is 10.6 Å². The van der Waals surface area contributed by atoms with Crippen LogP contribution in [0, 0.1) is 0 Å². The third kappa shape index (κ3) is 3.88. The minimum atomic E-state index is 0.0312. The molecule has 0 amide bonds. The summed E-state index contributed by atoms with van der Waals surface area (Å²) >= 11 is 0. The van der Waals surface area contributed by atoms with Gasteiger partial charge in [0, 0.05) is 28.9 Å². The Bertz CT molecular complexity index is 936. The Morgan fingerprint density at radius 3 is 2.54 bits per heavy atom. The zero-order valence-electron chi connectivity index (χ0n) is 14.6. The highest BCUT2D eigenvalue weighted by atomic mass is 16.1. The van der Waals surface area contributed by atoms with Gasteiger partial charge in [0.15, 0.2) is 5.78 Å². The van der Waals surface area contributed by atoms with E-state index in [1.54, 1.807) is 13.0 Å². The highest BCUT2D eigenvalue weighted by Gasteiger charge is 2.22. The van der Waals surface area contributed by atoms with E-state index in [9.17, 15) is 4.79 Å². The Morgan fingerprint density at radius 1 is 1.00 bits per heavy atom. The normalized spacial score (nSPS) is 13.3. The summed E-state index contributed by atoms with van der Waals surface area (Å²) in [6.07, 6.45) is 2.35. The van der Waals surface area contributed by atoms with Crippen molar-refractivity contribution in [1.29, 1.82) is 0 Å². The van der Waals surface area contributed by atoms with Crippen LogP contribution in [-0.2, 0) is 0 Å². The fourth-order valence-corrected chi connectivity index (χ4v) is 2.72. The van der Waals surface area contributed by atoms with Gasteiger partial charge in [-0.15, -0.1) is 0 Å². The topological polar surface area (TPSA) is 66.9 Å². The lowest BCUT2D eigenvalue weighted by atomic mass is 10.1. The van der Waals surface area contributed by atoms with Crippen molar-refractivity contribution in [2.45, 2.75) is 25.8 Å². The average molecular weight is 344 g/mol. The molecule has 0 radical (unpaired) electrons. The van der Waals surface area contributed by atoms with Gasteiger partial charge in [0.1, 0.15) is 5.82 Å². The van der Waals surface area contributed by atoms with Crippen LogP contribution in [0.2, 0.25) is 0 Å².